The smallest absolute Gasteiger partial charge is 0.263 e. The second-order valence-electron chi connectivity index (χ2n) is 5.68. The molecule has 1 aromatic rings. The zero-order chi connectivity index (χ0) is 13.9. The van der Waals surface area contributed by atoms with E-state index in [1.54, 1.807) is 11.3 Å². The van der Waals surface area contributed by atoms with Gasteiger partial charge in [-0.15, -0.1) is 11.3 Å². The molecule has 3 nitrogen and oxygen atoms in total. The van der Waals surface area contributed by atoms with Crippen LogP contribution in [0.5, 0.6) is 0 Å². The highest BCUT2D eigenvalue weighted by Crippen LogP contribution is 2.32. The quantitative estimate of drug-likeness (QED) is 0.931. The molecule has 3 heterocycles. The van der Waals surface area contributed by atoms with Gasteiger partial charge >= 0.3 is 0 Å². The lowest BCUT2D eigenvalue weighted by Gasteiger charge is -2.32. The van der Waals surface area contributed by atoms with Crippen molar-refractivity contribution in [2.24, 2.45) is 5.92 Å². The molecule has 20 heavy (non-hydrogen) atoms. The van der Waals surface area contributed by atoms with Crippen molar-refractivity contribution in [3.05, 3.63) is 21.4 Å². The second-order valence-corrected chi connectivity index (χ2v) is 7.92. The second kappa shape index (κ2) is 6.50. The van der Waals surface area contributed by atoms with E-state index in [4.69, 9.17) is 0 Å². The van der Waals surface area contributed by atoms with Gasteiger partial charge in [-0.2, -0.15) is 11.8 Å². The lowest BCUT2D eigenvalue weighted by Crippen LogP contribution is -2.42. The Hall–Kier alpha value is -0.520. The Bertz CT molecular complexity index is 461. The molecule has 2 aliphatic heterocycles. The van der Waals surface area contributed by atoms with Crippen molar-refractivity contribution in [3.63, 3.8) is 0 Å². The maximum atomic E-state index is 12.7. The molecule has 1 amide bonds. The molecule has 0 spiro atoms. The number of amides is 1. The third-order valence-corrected chi connectivity index (χ3v) is 6.37. The van der Waals surface area contributed by atoms with Crippen LogP contribution in [0.1, 0.15) is 33.0 Å². The number of hydrogen-bond acceptors (Lipinski definition) is 4. The summed E-state index contributed by atoms with van der Waals surface area (Å²) in [5.74, 6) is 3.16. The van der Waals surface area contributed by atoms with Crippen LogP contribution in [0, 0.1) is 5.92 Å². The number of aryl methyl sites for hydroxylation is 1. The predicted molar refractivity (Wildman–Crippen MR) is 86.7 cm³/mol. The van der Waals surface area contributed by atoms with E-state index in [-0.39, 0.29) is 5.91 Å². The minimum atomic E-state index is 0.259. The van der Waals surface area contributed by atoms with Gasteiger partial charge in [-0.25, -0.2) is 0 Å². The molecule has 1 unspecified atom stereocenters. The largest absolute Gasteiger partial charge is 0.338 e. The summed E-state index contributed by atoms with van der Waals surface area (Å²) in [5, 5.41) is 3.24. The van der Waals surface area contributed by atoms with Crippen molar-refractivity contribution in [2.45, 2.75) is 25.0 Å². The molecule has 0 saturated carbocycles. The number of rotatable bonds is 3. The molecule has 0 bridgehead atoms. The van der Waals surface area contributed by atoms with Crippen LogP contribution < -0.4 is 5.32 Å². The highest BCUT2D eigenvalue weighted by Gasteiger charge is 2.26. The van der Waals surface area contributed by atoms with Crippen LogP contribution in [0.25, 0.3) is 0 Å². The lowest BCUT2D eigenvalue weighted by atomic mass is 9.98. The van der Waals surface area contributed by atoms with Gasteiger partial charge in [-0.1, -0.05) is 0 Å². The molecular formula is C15H22N2OS2. The Balaban J connectivity index is 1.70. The van der Waals surface area contributed by atoms with Crippen molar-refractivity contribution in [1.82, 2.24) is 10.2 Å². The van der Waals surface area contributed by atoms with E-state index < -0.39 is 0 Å². The summed E-state index contributed by atoms with van der Waals surface area (Å²) in [5.41, 5.74) is 1.40. The summed E-state index contributed by atoms with van der Waals surface area (Å²) in [6, 6.07) is 2.15. The number of piperidine rings is 1. The number of thioether (sulfide) groups is 1. The van der Waals surface area contributed by atoms with Crippen molar-refractivity contribution >= 4 is 29.0 Å². The third-order valence-electron chi connectivity index (χ3n) is 4.14. The van der Waals surface area contributed by atoms with Gasteiger partial charge in [0.2, 0.25) is 0 Å². The number of nitrogens with zero attached hydrogens (tertiary/aromatic N) is 1. The van der Waals surface area contributed by atoms with Crippen LogP contribution in [0.2, 0.25) is 0 Å². The molecule has 110 valence electrons. The first-order valence-electron chi connectivity index (χ1n) is 7.41. The fourth-order valence-electron chi connectivity index (χ4n) is 3.11. The van der Waals surface area contributed by atoms with Crippen LogP contribution in [0.15, 0.2) is 6.07 Å². The fourth-order valence-corrected chi connectivity index (χ4v) is 5.45. The minimum absolute atomic E-state index is 0.259. The Morgan fingerprint density at radius 1 is 1.55 bits per heavy atom. The molecule has 2 aliphatic rings. The molecule has 1 N–H and O–H groups in total. The topological polar surface area (TPSA) is 32.3 Å². The molecule has 1 aromatic heterocycles. The summed E-state index contributed by atoms with van der Waals surface area (Å²) in [4.78, 5) is 17.1. The molecule has 1 saturated heterocycles. The molecule has 5 heteroatoms. The summed E-state index contributed by atoms with van der Waals surface area (Å²) in [6.45, 7) is 2.86. The average Bonchev–Trinajstić information content (AvgIpc) is 2.91. The normalized spacial score (nSPS) is 22.6. The van der Waals surface area contributed by atoms with E-state index >= 15 is 0 Å². The molecule has 0 aromatic carbocycles. The zero-order valence-corrected chi connectivity index (χ0v) is 13.6. The van der Waals surface area contributed by atoms with E-state index in [0.29, 0.717) is 5.92 Å². The predicted octanol–water partition coefficient (Wildman–Crippen LogP) is 2.61. The first-order chi connectivity index (χ1) is 9.78. The van der Waals surface area contributed by atoms with Crippen LogP contribution in [0.3, 0.4) is 0 Å². The number of thiophene rings is 1. The summed E-state index contributed by atoms with van der Waals surface area (Å²) < 4.78 is 0. The first-order valence-corrected chi connectivity index (χ1v) is 9.38. The molecule has 0 radical (unpaired) electrons. The Kier molecular flexibility index (Phi) is 4.68. The van der Waals surface area contributed by atoms with Gasteiger partial charge in [0.1, 0.15) is 0 Å². The monoisotopic (exact) mass is 310 g/mol. The van der Waals surface area contributed by atoms with Gasteiger partial charge < -0.3 is 10.2 Å². The summed E-state index contributed by atoms with van der Waals surface area (Å²) in [6.07, 6.45) is 3.52. The van der Waals surface area contributed by atoms with Crippen molar-refractivity contribution < 1.29 is 4.79 Å². The maximum Gasteiger partial charge on any atom is 0.263 e. The van der Waals surface area contributed by atoms with Crippen molar-refractivity contribution in [2.75, 3.05) is 32.4 Å². The van der Waals surface area contributed by atoms with Crippen molar-refractivity contribution in [3.8, 4) is 0 Å². The van der Waals surface area contributed by atoms with Gasteiger partial charge in [-0.3, -0.25) is 4.79 Å². The molecule has 1 atom stereocenters. The molecular weight excluding hydrogens is 288 g/mol. The minimum Gasteiger partial charge on any atom is -0.338 e. The number of fused-ring (bicyclic) bond motifs is 1. The summed E-state index contributed by atoms with van der Waals surface area (Å²) in [7, 11) is 1.99. The van der Waals surface area contributed by atoms with E-state index in [1.807, 2.05) is 18.8 Å². The SMILES string of the molecule is CNCC1CCCN(C(=O)c2cc3c(s2)CCSC3)C1. The number of carbonyl (C=O) groups is 1. The van der Waals surface area contributed by atoms with Gasteiger partial charge in [-0.05, 0) is 56.2 Å². The Morgan fingerprint density at radius 2 is 2.45 bits per heavy atom. The number of carbonyl (C=O) groups excluding carboxylic acids is 1. The fraction of sp³-hybridized carbons (Fsp3) is 0.667. The van der Waals surface area contributed by atoms with Crippen LogP contribution >= 0.6 is 23.1 Å². The van der Waals surface area contributed by atoms with Gasteiger partial charge in [0.15, 0.2) is 0 Å². The van der Waals surface area contributed by atoms with E-state index in [2.05, 4.69) is 16.3 Å². The highest BCUT2D eigenvalue weighted by atomic mass is 32.2. The Labute approximate surface area is 129 Å². The summed E-state index contributed by atoms with van der Waals surface area (Å²) >= 11 is 3.71. The number of nitrogens with one attached hydrogen (secondary N) is 1. The van der Waals surface area contributed by atoms with Crippen LogP contribution in [-0.2, 0) is 12.2 Å². The maximum absolute atomic E-state index is 12.7. The Morgan fingerprint density at radius 3 is 3.25 bits per heavy atom. The third kappa shape index (κ3) is 3.05. The van der Waals surface area contributed by atoms with E-state index in [1.165, 1.54) is 22.6 Å². The number of hydrogen-bond donors (Lipinski definition) is 1. The first kappa shape index (κ1) is 14.4. The number of likely N-dealkylation sites (tertiary alicyclic amines) is 1. The van der Waals surface area contributed by atoms with E-state index in [9.17, 15) is 4.79 Å². The van der Waals surface area contributed by atoms with Crippen LogP contribution in [-0.4, -0.2) is 43.2 Å². The molecule has 0 aliphatic carbocycles. The van der Waals surface area contributed by atoms with Gasteiger partial charge in [0.05, 0.1) is 4.88 Å². The molecule has 1 fully saturated rings. The van der Waals surface area contributed by atoms with Gasteiger partial charge in [0.25, 0.3) is 5.91 Å². The van der Waals surface area contributed by atoms with Gasteiger partial charge in [0, 0.05) is 23.7 Å². The van der Waals surface area contributed by atoms with Crippen molar-refractivity contribution in [1.29, 1.82) is 0 Å². The standard InChI is InChI=1S/C15H22N2OS2/c1-16-8-11-3-2-5-17(9-11)15(18)14-7-12-10-19-6-4-13(12)20-14/h7,11,16H,2-6,8-10H2,1H3. The highest BCUT2D eigenvalue weighted by molar-refractivity contribution is 7.98. The van der Waals surface area contributed by atoms with E-state index in [0.717, 1.165) is 43.1 Å². The lowest BCUT2D eigenvalue weighted by molar-refractivity contribution is 0.0679. The zero-order valence-electron chi connectivity index (χ0n) is 12.0. The molecule has 3 rings (SSSR count). The average molecular weight is 310 g/mol. The van der Waals surface area contributed by atoms with Crippen LogP contribution in [0.4, 0.5) is 0 Å².